The van der Waals surface area contributed by atoms with Crippen molar-refractivity contribution >= 4 is 23.6 Å². The van der Waals surface area contributed by atoms with Crippen LogP contribution in [0.25, 0.3) is 11.4 Å². The molecule has 0 aromatic carbocycles. The third kappa shape index (κ3) is 5.05. The highest BCUT2D eigenvalue weighted by Gasteiger charge is 2.12. The second kappa shape index (κ2) is 9.02. The second-order valence-electron chi connectivity index (χ2n) is 4.92. The first-order valence-corrected chi connectivity index (χ1v) is 8.36. The lowest BCUT2D eigenvalue weighted by molar-refractivity contribution is -0.140. The van der Waals surface area contributed by atoms with Crippen LogP contribution in [-0.4, -0.2) is 51.0 Å². The zero-order chi connectivity index (χ0) is 17.4. The number of amides is 1. The number of rotatable bonds is 8. The molecule has 0 unspecified atom stereocenters. The predicted molar refractivity (Wildman–Crippen MR) is 89.2 cm³/mol. The van der Waals surface area contributed by atoms with Gasteiger partial charge in [0.25, 0.3) is 0 Å². The van der Waals surface area contributed by atoms with E-state index in [0.717, 1.165) is 11.4 Å². The highest BCUT2D eigenvalue weighted by Crippen LogP contribution is 2.21. The average molecular weight is 349 g/mol. The molecule has 0 spiro atoms. The van der Waals surface area contributed by atoms with Gasteiger partial charge in [0, 0.05) is 38.0 Å². The maximum Gasteiger partial charge on any atom is 0.305 e. The molecule has 0 saturated carbocycles. The summed E-state index contributed by atoms with van der Waals surface area (Å²) in [5.74, 6) is 0.568. The van der Waals surface area contributed by atoms with Gasteiger partial charge in [0.15, 0.2) is 11.0 Å². The first kappa shape index (κ1) is 17.9. The predicted octanol–water partition coefficient (Wildman–Crippen LogP) is 1.04. The molecule has 0 bridgehead atoms. The Bertz CT molecular complexity index is 690. The fraction of sp³-hybridized carbons (Fsp3) is 0.400. The Hall–Kier alpha value is -2.42. The summed E-state index contributed by atoms with van der Waals surface area (Å²) in [6.45, 7) is 0.440. The third-order valence-corrected chi connectivity index (χ3v) is 4.23. The number of carbonyl (C=O) groups is 2. The molecule has 0 radical (unpaired) electrons. The molecule has 0 aliphatic rings. The number of methoxy groups -OCH3 is 1. The fourth-order valence-corrected chi connectivity index (χ4v) is 2.68. The van der Waals surface area contributed by atoms with Gasteiger partial charge in [0.2, 0.25) is 5.91 Å². The number of carbonyl (C=O) groups excluding carboxylic acids is 2. The number of pyridine rings is 1. The molecule has 1 amide bonds. The summed E-state index contributed by atoms with van der Waals surface area (Å²) in [5.41, 5.74) is 0.916. The van der Waals surface area contributed by atoms with Crippen molar-refractivity contribution in [3.05, 3.63) is 24.5 Å². The third-order valence-electron chi connectivity index (χ3n) is 3.21. The highest BCUT2D eigenvalue weighted by atomic mass is 32.2. The molecule has 9 heteroatoms. The molecule has 2 aromatic heterocycles. The Morgan fingerprint density at radius 1 is 1.29 bits per heavy atom. The lowest BCUT2D eigenvalue weighted by Gasteiger charge is -2.05. The van der Waals surface area contributed by atoms with Crippen molar-refractivity contribution < 1.29 is 14.3 Å². The van der Waals surface area contributed by atoms with Crippen molar-refractivity contribution in [2.45, 2.75) is 18.0 Å². The number of aromatic nitrogens is 4. The number of esters is 1. The largest absolute Gasteiger partial charge is 0.469 e. The minimum absolute atomic E-state index is 0.113. The maximum atomic E-state index is 11.8. The molecule has 0 atom stereocenters. The van der Waals surface area contributed by atoms with Crippen molar-refractivity contribution in [2.24, 2.45) is 7.05 Å². The molecule has 8 nitrogen and oxygen atoms in total. The van der Waals surface area contributed by atoms with Gasteiger partial charge in [-0.3, -0.25) is 14.6 Å². The molecular weight excluding hydrogens is 330 g/mol. The van der Waals surface area contributed by atoms with Crippen LogP contribution in [0.5, 0.6) is 0 Å². The lowest BCUT2D eigenvalue weighted by atomic mass is 10.2. The van der Waals surface area contributed by atoms with Crippen molar-refractivity contribution in [2.75, 3.05) is 19.4 Å². The van der Waals surface area contributed by atoms with Crippen molar-refractivity contribution in [3.8, 4) is 11.4 Å². The van der Waals surface area contributed by atoms with E-state index in [1.54, 1.807) is 12.4 Å². The van der Waals surface area contributed by atoms with Gasteiger partial charge in [-0.05, 0) is 18.6 Å². The Balaban J connectivity index is 1.79. The summed E-state index contributed by atoms with van der Waals surface area (Å²) in [5, 5.41) is 11.7. The number of nitrogens with zero attached hydrogens (tertiary/aromatic N) is 4. The first-order chi connectivity index (χ1) is 11.6. The van der Waals surface area contributed by atoms with E-state index < -0.39 is 0 Å². The Morgan fingerprint density at radius 3 is 2.75 bits per heavy atom. The summed E-state index contributed by atoms with van der Waals surface area (Å²) < 4.78 is 6.37. The van der Waals surface area contributed by atoms with E-state index in [4.69, 9.17) is 0 Å². The van der Waals surface area contributed by atoms with Gasteiger partial charge in [0.05, 0.1) is 12.9 Å². The van der Waals surface area contributed by atoms with Crippen LogP contribution in [0.2, 0.25) is 0 Å². The summed E-state index contributed by atoms with van der Waals surface area (Å²) in [4.78, 5) is 26.7. The lowest BCUT2D eigenvalue weighted by Crippen LogP contribution is -2.26. The highest BCUT2D eigenvalue weighted by molar-refractivity contribution is 7.99. The summed E-state index contributed by atoms with van der Waals surface area (Å²) >= 11 is 1.31. The van der Waals surface area contributed by atoms with Crippen molar-refractivity contribution in [1.29, 1.82) is 0 Å². The SMILES string of the molecule is COC(=O)CCCNC(=O)CSc1nnc(-c2ccncc2)n1C. The van der Waals surface area contributed by atoms with Gasteiger partial charge in [-0.2, -0.15) is 0 Å². The van der Waals surface area contributed by atoms with E-state index in [2.05, 4.69) is 25.2 Å². The van der Waals surface area contributed by atoms with Crippen LogP contribution < -0.4 is 5.32 Å². The standard InChI is InChI=1S/C15H19N5O3S/c1-20-14(11-5-8-16-9-6-11)18-19-15(20)24-10-12(21)17-7-3-4-13(22)23-2/h5-6,8-9H,3-4,7,10H2,1-2H3,(H,17,21). The van der Waals surface area contributed by atoms with Crippen LogP contribution >= 0.6 is 11.8 Å². The fourth-order valence-electron chi connectivity index (χ4n) is 1.94. The van der Waals surface area contributed by atoms with Crippen molar-refractivity contribution in [3.63, 3.8) is 0 Å². The number of thioether (sulfide) groups is 1. The first-order valence-electron chi connectivity index (χ1n) is 7.38. The second-order valence-corrected chi connectivity index (χ2v) is 5.86. The number of ether oxygens (including phenoxy) is 1. The molecule has 0 fully saturated rings. The summed E-state index contributed by atoms with van der Waals surface area (Å²) in [6, 6.07) is 3.71. The monoisotopic (exact) mass is 349 g/mol. The Kier molecular flexibility index (Phi) is 6.74. The van der Waals surface area contributed by atoms with Crippen LogP contribution in [0, 0.1) is 0 Å². The van der Waals surface area contributed by atoms with Gasteiger partial charge in [0.1, 0.15) is 0 Å². The topological polar surface area (TPSA) is 99.0 Å². The van der Waals surface area contributed by atoms with Gasteiger partial charge in [-0.15, -0.1) is 10.2 Å². The minimum Gasteiger partial charge on any atom is -0.469 e. The van der Waals surface area contributed by atoms with Gasteiger partial charge in [-0.1, -0.05) is 11.8 Å². The number of hydrogen-bond donors (Lipinski definition) is 1. The zero-order valence-electron chi connectivity index (χ0n) is 13.6. The van der Waals surface area contributed by atoms with Crippen molar-refractivity contribution in [1.82, 2.24) is 25.1 Å². The van der Waals surface area contributed by atoms with Crippen LogP contribution in [0.15, 0.2) is 29.7 Å². The van der Waals surface area contributed by atoms with E-state index >= 15 is 0 Å². The molecule has 0 aliphatic heterocycles. The molecule has 0 saturated heterocycles. The van der Waals surface area contributed by atoms with Gasteiger partial charge in [-0.25, -0.2) is 0 Å². The zero-order valence-corrected chi connectivity index (χ0v) is 14.4. The van der Waals surface area contributed by atoms with E-state index in [0.29, 0.717) is 24.5 Å². The maximum absolute atomic E-state index is 11.8. The molecular formula is C15H19N5O3S. The van der Waals surface area contributed by atoms with Crippen LogP contribution in [0.4, 0.5) is 0 Å². The molecule has 128 valence electrons. The molecule has 2 rings (SSSR count). The molecule has 2 heterocycles. The smallest absolute Gasteiger partial charge is 0.305 e. The minimum atomic E-state index is -0.277. The van der Waals surface area contributed by atoms with Crippen LogP contribution in [0.3, 0.4) is 0 Å². The van der Waals surface area contributed by atoms with E-state index in [-0.39, 0.29) is 17.6 Å². The van der Waals surface area contributed by atoms with Gasteiger partial charge >= 0.3 is 5.97 Å². The van der Waals surface area contributed by atoms with Gasteiger partial charge < -0.3 is 14.6 Å². The van der Waals surface area contributed by atoms with Crippen LogP contribution in [-0.2, 0) is 21.4 Å². The number of hydrogen-bond acceptors (Lipinski definition) is 7. The average Bonchev–Trinajstić information content (AvgIpc) is 2.98. The summed E-state index contributed by atoms with van der Waals surface area (Å²) in [7, 11) is 3.20. The summed E-state index contributed by atoms with van der Waals surface area (Å²) in [6.07, 6.45) is 4.24. The molecule has 24 heavy (non-hydrogen) atoms. The quantitative estimate of drug-likeness (QED) is 0.432. The Morgan fingerprint density at radius 2 is 2.04 bits per heavy atom. The normalized spacial score (nSPS) is 10.4. The van der Waals surface area contributed by atoms with E-state index in [1.165, 1.54) is 18.9 Å². The molecule has 0 aliphatic carbocycles. The number of nitrogens with one attached hydrogen (secondary N) is 1. The molecule has 1 N–H and O–H groups in total. The van der Waals surface area contributed by atoms with E-state index in [9.17, 15) is 9.59 Å². The Labute approximate surface area is 144 Å². The van der Waals surface area contributed by atoms with E-state index in [1.807, 2.05) is 23.7 Å². The molecule has 2 aromatic rings. The van der Waals surface area contributed by atoms with Crippen LogP contribution in [0.1, 0.15) is 12.8 Å².